The van der Waals surface area contributed by atoms with E-state index < -0.39 is 16.0 Å². The van der Waals surface area contributed by atoms with Gasteiger partial charge in [0.05, 0.1) is 15.7 Å². The van der Waals surface area contributed by atoms with Crippen LogP contribution in [0.25, 0.3) is 0 Å². The molecule has 0 aliphatic heterocycles. The molecule has 1 fully saturated rings. The molecule has 1 amide bonds. The Morgan fingerprint density at radius 1 is 1.40 bits per heavy atom. The molecule has 1 saturated carbocycles. The lowest BCUT2D eigenvalue weighted by Crippen LogP contribution is -2.40. The molecule has 0 radical (unpaired) electrons. The predicted octanol–water partition coefficient (Wildman–Crippen LogP) is 2.13. The van der Waals surface area contributed by atoms with Crippen molar-refractivity contribution in [3.8, 4) is 0 Å². The van der Waals surface area contributed by atoms with Crippen molar-refractivity contribution in [1.82, 2.24) is 5.32 Å². The van der Waals surface area contributed by atoms with Gasteiger partial charge in [-0.3, -0.25) is 9.00 Å². The van der Waals surface area contributed by atoms with Gasteiger partial charge in [-0.15, -0.1) is 0 Å². The molecule has 2 atom stereocenters. The summed E-state index contributed by atoms with van der Waals surface area (Å²) in [5, 5.41) is 2.40. The summed E-state index contributed by atoms with van der Waals surface area (Å²) < 4.78 is 12.5. The van der Waals surface area contributed by atoms with Crippen LogP contribution in [0.5, 0.6) is 0 Å². The molecule has 0 heterocycles. The number of nitrogens with two attached hydrogens (primary N) is 1. The summed E-state index contributed by atoms with van der Waals surface area (Å²) in [6, 6.07) is 5.65. The number of carbonyl (C=O) groups excluding carboxylic acids is 1. The average molecular weight is 294 g/mol. The number of nitrogen functional groups attached to an aromatic ring is 1. The van der Waals surface area contributed by atoms with Gasteiger partial charge in [-0.2, -0.15) is 0 Å². The molecule has 0 saturated heterocycles. The van der Waals surface area contributed by atoms with E-state index in [0.717, 1.165) is 31.2 Å². The maximum Gasteiger partial charge on any atom is 0.236 e. The second-order valence-electron chi connectivity index (χ2n) is 5.47. The number of rotatable bonds is 4. The van der Waals surface area contributed by atoms with Crippen molar-refractivity contribution < 1.29 is 9.00 Å². The third kappa shape index (κ3) is 3.39. The molecule has 2 rings (SSSR count). The van der Waals surface area contributed by atoms with Gasteiger partial charge in [0.15, 0.2) is 0 Å². The molecule has 20 heavy (non-hydrogen) atoms. The van der Waals surface area contributed by atoms with E-state index in [-0.39, 0.29) is 11.9 Å². The molecule has 0 spiro atoms. The van der Waals surface area contributed by atoms with E-state index in [9.17, 15) is 9.00 Å². The van der Waals surface area contributed by atoms with Crippen LogP contribution in [0.3, 0.4) is 0 Å². The molecular formula is C15H22N2O2S. The highest BCUT2D eigenvalue weighted by Gasteiger charge is 2.26. The van der Waals surface area contributed by atoms with Gasteiger partial charge in [0.25, 0.3) is 0 Å². The molecule has 1 aromatic carbocycles. The number of hydrogen-bond donors (Lipinski definition) is 2. The van der Waals surface area contributed by atoms with Crippen LogP contribution < -0.4 is 11.1 Å². The molecule has 4 nitrogen and oxygen atoms in total. The van der Waals surface area contributed by atoms with E-state index in [4.69, 9.17) is 5.73 Å². The molecule has 5 heteroatoms. The summed E-state index contributed by atoms with van der Waals surface area (Å²) in [5.74, 6) is -0.143. The van der Waals surface area contributed by atoms with E-state index in [1.807, 2.05) is 13.0 Å². The molecule has 1 aliphatic carbocycles. The topological polar surface area (TPSA) is 72.2 Å². The van der Waals surface area contributed by atoms with Gasteiger partial charge in [0.1, 0.15) is 5.25 Å². The first-order valence-electron chi connectivity index (χ1n) is 7.06. The highest BCUT2D eigenvalue weighted by atomic mass is 32.2. The second-order valence-corrected chi connectivity index (χ2v) is 7.21. The molecule has 0 aromatic heterocycles. The van der Waals surface area contributed by atoms with Gasteiger partial charge < -0.3 is 11.1 Å². The Hall–Kier alpha value is -1.36. The van der Waals surface area contributed by atoms with Crippen molar-refractivity contribution in [3.63, 3.8) is 0 Å². The average Bonchev–Trinajstić information content (AvgIpc) is 2.90. The number of benzene rings is 1. The maximum absolute atomic E-state index is 12.5. The minimum atomic E-state index is -1.42. The lowest BCUT2D eigenvalue weighted by Gasteiger charge is -2.17. The summed E-state index contributed by atoms with van der Waals surface area (Å²) >= 11 is 0. The van der Waals surface area contributed by atoms with Crippen LogP contribution in [-0.2, 0) is 15.6 Å². The molecule has 1 aromatic rings. The largest absolute Gasteiger partial charge is 0.398 e. The molecule has 0 bridgehead atoms. The zero-order valence-electron chi connectivity index (χ0n) is 12.0. The zero-order chi connectivity index (χ0) is 14.7. The summed E-state index contributed by atoms with van der Waals surface area (Å²) in [7, 11) is -1.42. The number of nitrogens with one attached hydrogen (secondary N) is 1. The Labute approximate surface area is 122 Å². The Morgan fingerprint density at radius 2 is 2.05 bits per heavy atom. The maximum atomic E-state index is 12.5. The van der Waals surface area contributed by atoms with Gasteiger partial charge in [0, 0.05) is 11.7 Å². The van der Waals surface area contributed by atoms with Gasteiger partial charge >= 0.3 is 0 Å². The fourth-order valence-electron chi connectivity index (χ4n) is 2.53. The smallest absolute Gasteiger partial charge is 0.236 e. The monoisotopic (exact) mass is 294 g/mol. The first-order valence-corrected chi connectivity index (χ1v) is 8.27. The Balaban J connectivity index is 2.05. The minimum Gasteiger partial charge on any atom is -0.398 e. The minimum absolute atomic E-state index is 0.143. The summed E-state index contributed by atoms with van der Waals surface area (Å²) in [6.07, 6.45) is 4.37. The van der Waals surface area contributed by atoms with Crippen molar-refractivity contribution in [2.45, 2.75) is 55.7 Å². The van der Waals surface area contributed by atoms with Crippen molar-refractivity contribution >= 4 is 22.4 Å². The molecule has 2 unspecified atom stereocenters. The van der Waals surface area contributed by atoms with Crippen LogP contribution in [0.15, 0.2) is 23.1 Å². The number of carbonyl (C=O) groups is 1. The second kappa shape index (κ2) is 6.39. The molecular weight excluding hydrogens is 272 g/mol. The molecule has 3 N–H and O–H groups in total. The highest BCUT2D eigenvalue weighted by Crippen LogP contribution is 2.22. The lowest BCUT2D eigenvalue weighted by atomic mass is 10.2. The van der Waals surface area contributed by atoms with Crippen molar-refractivity contribution in [2.24, 2.45) is 0 Å². The summed E-state index contributed by atoms with van der Waals surface area (Å²) in [5.41, 5.74) is 7.41. The highest BCUT2D eigenvalue weighted by molar-refractivity contribution is 7.86. The number of anilines is 1. The number of hydrogen-bond acceptors (Lipinski definition) is 3. The van der Waals surface area contributed by atoms with Crippen LogP contribution in [0, 0.1) is 6.92 Å². The Morgan fingerprint density at radius 3 is 2.65 bits per heavy atom. The summed E-state index contributed by atoms with van der Waals surface area (Å²) in [6.45, 7) is 3.62. The van der Waals surface area contributed by atoms with E-state index in [1.165, 1.54) is 0 Å². The van der Waals surface area contributed by atoms with Crippen LogP contribution in [0.4, 0.5) is 5.69 Å². The van der Waals surface area contributed by atoms with Gasteiger partial charge in [-0.1, -0.05) is 18.9 Å². The fraction of sp³-hybridized carbons (Fsp3) is 0.533. The Kier molecular flexibility index (Phi) is 4.81. The standard InChI is InChI=1S/C15H22N2O2S/c1-10-7-8-14(13(16)9-10)20(19)11(2)15(18)17-12-5-3-4-6-12/h7-9,11-12H,3-6,16H2,1-2H3,(H,17,18). The quantitative estimate of drug-likeness (QED) is 0.836. The van der Waals surface area contributed by atoms with Crippen LogP contribution in [-0.4, -0.2) is 21.4 Å². The van der Waals surface area contributed by atoms with E-state index in [2.05, 4.69) is 5.32 Å². The number of amides is 1. The normalized spacial score (nSPS) is 18.7. The first kappa shape index (κ1) is 15.0. The third-order valence-electron chi connectivity index (χ3n) is 3.77. The van der Waals surface area contributed by atoms with E-state index >= 15 is 0 Å². The van der Waals surface area contributed by atoms with Crippen molar-refractivity contribution in [1.29, 1.82) is 0 Å². The molecule has 110 valence electrons. The number of aryl methyl sites for hydroxylation is 1. The predicted molar refractivity (Wildman–Crippen MR) is 81.9 cm³/mol. The van der Waals surface area contributed by atoms with Crippen LogP contribution >= 0.6 is 0 Å². The lowest BCUT2D eigenvalue weighted by molar-refractivity contribution is -0.121. The van der Waals surface area contributed by atoms with Gasteiger partial charge in [-0.25, -0.2) is 0 Å². The first-order chi connectivity index (χ1) is 9.49. The van der Waals surface area contributed by atoms with Gasteiger partial charge in [-0.05, 0) is 44.4 Å². The zero-order valence-corrected chi connectivity index (χ0v) is 12.8. The summed E-state index contributed by atoms with van der Waals surface area (Å²) in [4.78, 5) is 12.7. The van der Waals surface area contributed by atoms with Gasteiger partial charge in [0.2, 0.25) is 5.91 Å². The van der Waals surface area contributed by atoms with E-state index in [1.54, 1.807) is 19.1 Å². The Bertz CT molecular complexity index is 525. The van der Waals surface area contributed by atoms with Crippen molar-refractivity contribution in [2.75, 3.05) is 5.73 Å². The van der Waals surface area contributed by atoms with Crippen LogP contribution in [0.1, 0.15) is 38.2 Å². The van der Waals surface area contributed by atoms with Crippen LogP contribution in [0.2, 0.25) is 0 Å². The van der Waals surface area contributed by atoms with Crippen molar-refractivity contribution in [3.05, 3.63) is 23.8 Å². The van der Waals surface area contributed by atoms with E-state index in [0.29, 0.717) is 10.6 Å². The molecule has 1 aliphatic rings. The fourth-order valence-corrected chi connectivity index (χ4v) is 3.66. The third-order valence-corrected chi connectivity index (χ3v) is 5.44. The SMILES string of the molecule is Cc1ccc(S(=O)C(C)C(=O)NC2CCCC2)c(N)c1.